The zero-order chi connectivity index (χ0) is 15.4. The summed E-state index contributed by atoms with van der Waals surface area (Å²) in [5, 5.41) is 0. The predicted octanol–water partition coefficient (Wildman–Crippen LogP) is 2.53. The molecule has 2 aliphatic rings. The second-order valence-electron chi connectivity index (χ2n) is 6.43. The van der Waals surface area contributed by atoms with E-state index in [9.17, 15) is 4.79 Å². The van der Waals surface area contributed by atoms with Gasteiger partial charge in [-0.2, -0.15) is 0 Å². The Balaban J connectivity index is 1.49. The minimum Gasteiger partial charge on any atom is -0.497 e. The molecule has 0 unspecified atom stereocenters. The number of piperazine rings is 1. The number of benzene rings is 1. The molecule has 1 aliphatic heterocycles. The first kappa shape index (κ1) is 15.3. The molecular weight excluding hydrogens is 276 g/mol. The van der Waals surface area contributed by atoms with Crippen molar-refractivity contribution in [3.63, 3.8) is 0 Å². The number of ether oxygens (including phenoxy) is 1. The summed E-state index contributed by atoms with van der Waals surface area (Å²) < 4.78 is 5.28. The highest BCUT2D eigenvalue weighted by Gasteiger charge is 2.29. The van der Waals surface area contributed by atoms with Crippen molar-refractivity contribution in [2.24, 2.45) is 5.92 Å². The van der Waals surface area contributed by atoms with Crippen LogP contribution in [-0.4, -0.2) is 49.0 Å². The Bertz CT molecular complexity index is 504. The number of nitrogens with zero attached hydrogens (tertiary/aromatic N) is 2. The lowest BCUT2D eigenvalue weighted by molar-refractivity contribution is -0.137. The second kappa shape index (κ2) is 7.14. The Morgan fingerprint density at radius 1 is 1.18 bits per heavy atom. The highest BCUT2D eigenvalue weighted by atomic mass is 16.5. The van der Waals surface area contributed by atoms with E-state index in [-0.39, 0.29) is 0 Å². The molecule has 1 aromatic carbocycles. The summed E-state index contributed by atoms with van der Waals surface area (Å²) >= 11 is 0. The Morgan fingerprint density at radius 2 is 1.91 bits per heavy atom. The van der Waals surface area contributed by atoms with E-state index in [0.29, 0.717) is 11.8 Å². The van der Waals surface area contributed by atoms with Gasteiger partial charge in [-0.15, -0.1) is 0 Å². The van der Waals surface area contributed by atoms with Crippen molar-refractivity contribution in [2.75, 3.05) is 33.3 Å². The zero-order valence-electron chi connectivity index (χ0n) is 13.5. The number of carbonyl (C=O) groups excluding carboxylic acids is 1. The monoisotopic (exact) mass is 302 g/mol. The number of carbonyl (C=O) groups is 1. The van der Waals surface area contributed by atoms with Crippen LogP contribution in [0.4, 0.5) is 0 Å². The summed E-state index contributed by atoms with van der Waals surface area (Å²) in [7, 11) is 1.70. The largest absolute Gasteiger partial charge is 0.497 e. The fraction of sp³-hybridized carbons (Fsp3) is 0.611. The van der Waals surface area contributed by atoms with Crippen LogP contribution in [0.3, 0.4) is 0 Å². The third kappa shape index (κ3) is 3.61. The van der Waals surface area contributed by atoms with Crippen LogP contribution in [0.5, 0.6) is 5.75 Å². The third-order valence-electron chi connectivity index (χ3n) is 4.93. The van der Waals surface area contributed by atoms with E-state index < -0.39 is 0 Å². The van der Waals surface area contributed by atoms with Crippen LogP contribution < -0.4 is 4.74 Å². The van der Waals surface area contributed by atoms with Crippen molar-refractivity contribution in [2.45, 2.75) is 32.2 Å². The van der Waals surface area contributed by atoms with E-state index in [4.69, 9.17) is 4.74 Å². The van der Waals surface area contributed by atoms with E-state index >= 15 is 0 Å². The first-order chi connectivity index (χ1) is 10.8. The number of rotatable bonds is 4. The summed E-state index contributed by atoms with van der Waals surface area (Å²) in [6.07, 6.45) is 4.66. The summed E-state index contributed by atoms with van der Waals surface area (Å²) in [4.78, 5) is 16.9. The summed E-state index contributed by atoms with van der Waals surface area (Å²) in [6, 6.07) is 8.24. The average Bonchev–Trinajstić information content (AvgIpc) is 3.09. The highest BCUT2D eigenvalue weighted by Crippen LogP contribution is 2.27. The molecule has 1 saturated carbocycles. The van der Waals surface area contributed by atoms with Crippen molar-refractivity contribution in [3.05, 3.63) is 29.8 Å². The molecule has 1 aromatic rings. The Hall–Kier alpha value is -1.55. The summed E-state index contributed by atoms with van der Waals surface area (Å²) in [6.45, 7) is 4.62. The van der Waals surface area contributed by atoms with Gasteiger partial charge in [-0.3, -0.25) is 9.69 Å². The van der Waals surface area contributed by atoms with E-state index in [1.165, 1.54) is 18.4 Å². The smallest absolute Gasteiger partial charge is 0.225 e. The SMILES string of the molecule is COc1cccc(CN2CCN(C(=O)C3CCCC3)CC2)c1. The molecule has 0 spiro atoms. The lowest BCUT2D eigenvalue weighted by Gasteiger charge is -2.36. The van der Waals surface area contributed by atoms with Crippen LogP contribution in [0.25, 0.3) is 0 Å². The molecule has 4 heteroatoms. The minimum atomic E-state index is 0.310. The molecule has 22 heavy (non-hydrogen) atoms. The molecule has 4 nitrogen and oxygen atoms in total. The number of hydrogen-bond donors (Lipinski definition) is 0. The van der Waals surface area contributed by atoms with E-state index in [1.54, 1.807) is 7.11 Å². The van der Waals surface area contributed by atoms with Gasteiger partial charge in [-0.25, -0.2) is 0 Å². The van der Waals surface area contributed by atoms with Crippen molar-refractivity contribution in [1.82, 2.24) is 9.80 Å². The molecule has 0 radical (unpaired) electrons. The molecule has 0 atom stereocenters. The molecule has 1 saturated heterocycles. The number of amides is 1. The summed E-state index contributed by atoms with van der Waals surface area (Å²) in [5.41, 5.74) is 1.27. The number of methoxy groups -OCH3 is 1. The quantitative estimate of drug-likeness (QED) is 0.857. The fourth-order valence-corrected chi connectivity index (χ4v) is 3.59. The van der Waals surface area contributed by atoms with Gasteiger partial charge in [0.15, 0.2) is 0 Å². The normalized spacial score (nSPS) is 20.3. The molecule has 0 aromatic heterocycles. The second-order valence-corrected chi connectivity index (χ2v) is 6.43. The van der Waals surface area contributed by atoms with Gasteiger partial charge < -0.3 is 9.64 Å². The van der Waals surface area contributed by atoms with Gasteiger partial charge in [0.2, 0.25) is 5.91 Å². The zero-order valence-corrected chi connectivity index (χ0v) is 13.5. The molecule has 3 rings (SSSR count). The lowest BCUT2D eigenvalue weighted by atomic mass is 10.1. The van der Waals surface area contributed by atoms with Gasteiger partial charge in [-0.1, -0.05) is 25.0 Å². The standard InChI is InChI=1S/C18H26N2O2/c1-22-17-8-4-5-15(13-17)14-19-9-11-20(12-10-19)18(21)16-6-2-3-7-16/h4-5,8,13,16H,2-3,6-7,9-12,14H2,1H3. The van der Waals surface area contributed by atoms with Gasteiger partial charge in [0.05, 0.1) is 7.11 Å². The van der Waals surface area contributed by atoms with E-state index in [2.05, 4.69) is 21.9 Å². The number of hydrogen-bond acceptors (Lipinski definition) is 3. The topological polar surface area (TPSA) is 32.8 Å². The minimum absolute atomic E-state index is 0.310. The van der Waals surface area contributed by atoms with Gasteiger partial charge in [0, 0.05) is 38.6 Å². The van der Waals surface area contributed by atoms with Crippen LogP contribution in [0, 0.1) is 5.92 Å². The van der Waals surface area contributed by atoms with Crippen LogP contribution >= 0.6 is 0 Å². The van der Waals surface area contributed by atoms with Gasteiger partial charge in [0.1, 0.15) is 5.75 Å². The molecule has 1 amide bonds. The molecular formula is C18H26N2O2. The molecule has 0 bridgehead atoms. The van der Waals surface area contributed by atoms with Crippen molar-refractivity contribution in [1.29, 1.82) is 0 Å². The van der Waals surface area contributed by atoms with Crippen molar-refractivity contribution in [3.8, 4) is 5.75 Å². The Kier molecular flexibility index (Phi) is 4.98. The van der Waals surface area contributed by atoms with Crippen LogP contribution in [-0.2, 0) is 11.3 Å². The van der Waals surface area contributed by atoms with Crippen molar-refractivity contribution < 1.29 is 9.53 Å². The maximum absolute atomic E-state index is 12.4. The molecule has 0 N–H and O–H groups in total. The van der Waals surface area contributed by atoms with Gasteiger partial charge in [-0.05, 0) is 30.5 Å². The van der Waals surface area contributed by atoms with Crippen LogP contribution in [0.1, 0.15) is 31.2 Å². The lowest BCUT2D eigenvalue weighted by Crippen LogP contribution is -2.49. The third-order valence-corrected chi connectivity index (χ3v) is 4.93. The first-order valence-electron chi connectivity index (χ1n) is 8.40. The van der Waals surface area contributed by atoms with Gasteiger partial charge >= 0.3 is 0 Å². The molecule has 120 valence electrons. The molecule has 1 aliphatic carbocycles. The average molecular weight is 302 g/mol. The first-order valence-corrected chi connectivity index (χ1v) is 8.40. The maximum Gasteiger partial charge on any atom is 0.225 e. The van der Waals surface area contributed by atoms with E-state index in [1.807, 2.05) is 12.1 Å². The Labute approximate surface area is 133 Å². The fourth-order valence-electron chi connectivity index (χ4n) is 3.59. The van der Waals surface area contributed by atoms with Crippen LogP contribution in [0.15, 0.2) is 24.3 Å². The highest BCUT2D eigenvalue weighted by molar-refractivity contribution is 5.79. The molecule has 2 fully saturated rings. The summed E-state index contributed by atoms with van der Waals surface area (Å²) in [5.74, 6) is 1.62. The Morgan fingerprint density at radius 3 is 2.59 bits per heavy atom. The van der Waals surface area contributed by atoms with E-state index in [0.717, 1.165) is 51.3 Å². The predicted molar refractivity (Wildman–Crippen MR) is 86.8 cm³/mol. The van der Waals surface area contributed by atoms with Gasteiger partial charge in [0.25, 0.3) is 0 Å². The van der Waals surface area contributed by atoms with Crippen molar-refractivity contribution >= 4 is 5.91 Å². The maximum atomic E-state index is 12.4. The van der Waals surface area contributed by atoms with Crippen LogP contribution in [0.2, 0.25) is 0 Å². The molecule has 1 heterocycles.